The summed E-state index contributed by atoms with van der Waals surface area (Å²) < 4.78 is 10.9. The Labute approximate surface area is 186 Å². The van der Waals surface area contributed by atoms with Gasteiger partial charge in [-0.15, -0.1) is 0 Å². The zero-order valence-electron chi connectivity index (χ0n) is 19.3. The number of amides is 1. The maximum Gasteiger partial charge on any atom is 0.237 e. The smallest absolute Gasteiger partial charge is 0.237 e. The monoisotopic (exact) mass is 425 g/mol. The SMILES string of the molecule is CCN(Cc1ccccc1)C(=O)CN1CCN(Cc2cc(OC)c(OC)cc2C)CC1. The molecule has 0 aliphatic carbocycles. The average molecular weight is 426 g/mol. The van der Waals surface area contributed by atoms with Crippen molar-refractivity contribution < 1.29 is 14.3 Å². The number of carbonyl (C=O) groups excluding carboxylic acids is 1. The topological polar surface area (TPSA) is 45.3 Å². The highest BCUT2D eigenvalue weighted by Crippen LogP contribution is 2.31. The fourth-order valence-electron chi connectivity index (χ4n) is 4.01. The summed E-state index contributed by atoms with van der Waals surface area (Å²) >= 11 is 0. The molecule has 6 nitrogen and oxygen atoms in total. The summed E-state index contributed by atoms with van der Waals surface area (Å²) in [5.41, 5.74) is 3.63. The quantitative estimate of drug-likeness (QED) is 0.618. The third-order valence-electron chi connectivity index (χ3n) is 6.01. The highest BCUT2D eigenvalue weighted by Gasteiger charge is 2.22. The minimum atomic E-state index is 0.204. The summed E-state index contributed by atoms with van der Waals surface area (Å²) in [7, 11) is 3.33. The van der Waals surface area contributed by atoms with E-state index in [0.29, 0.717) is 13.1 Å². The van der Waals surface area contributed by atoms with E-state index >= 15 is 0 Å². The normalized spacial score (nSPS) is 15.0. The van der Waals surface area contributed by atoms with Crippen LogP contribution in [0, 0.1) is 6.92 Å². The van der Waals surface area contributed by atoms with Gasteiger partial charge in [-0.05, 0) is 42.7 Å². The largest absolute Gasteiger partial charge is 0.493 e. The molecule has 1 aliphatic rings. The molecule has 1 amide bonds. The van der Waals surface area contributed by atoms with Crippen molar-refractivity contribution in [2.24, 2.45) is 0 Å². The number of carbonyl (C=O) groups is 1. The number of rotatable bonds is 9. The van der Waals surface area contributed by atoms with Crippen molar-refractivity contribution in [2.75, 3.05) is 53.5 Å². The number of nitrogens with zero attached hydrogens (tertiary/aromatic N) is 3. The molecule has 0 radical (unpaired) electrons. The lowest BCUT2D eigenvalue weighted by molar-refractivity contribution is -0.133. The van der Waals surface area contributed by atoms with Crippen LogP contribution in [0.5, 0.6) is 11.5 Å². The number of hydrogen-bond acceptors (Lipinski definition) is 5. The fraction of sp³-hybridized carbons (Fsp3) is 0.480. The van der Waals surface area contributed by atoms with E-state index < -0.39 is 0 Å². The number of likely N-dealkylation sites (N-methyl/N-ethyl adjacent to an activating group) is 1. The first-order valence-electron chi connectivity index (χ1n) is 11.0. The Morgan fingerprint density at radius 2 is 1.58 bits per heavy atom. The zero-order valence-corrected chi connectivity index (χ0v) is 19.3. The maximum atomic E-state index is 12.8. The molecule has 1 aliphatic heterocycles. The van der Waals surface area contributed by atoms with Gasteiger partial charge in [0, 0.05) is 45.8 Å². The van der Waals surface area contributed by atoms with E-state index in [1.165, 1.54) is 16.7 Å². The highest BCUT2D eigenvalue weighted by molar-refractivity contribution is 5.78. The highest BCUT2D eigenvalue weighted by atomic mass is 16.5. The van der Waals surface area contributed by atoms with Crippen LogP contribution in [-0.4, -0.2) is 74.1 Å². The summed E-state index contributed by atoms with van der Waals surface area (Å²) in [4.78, 5) is 19.5. The van der Waals surface area contributed by atoms with Gasteiger partial charge in [0.1, 0.15) is 0 Å². The number of ether oxygens (including phenoxy) is 2. The van der Waals surface area contributed by atoms with E-state index in [4.69, 9.17) is 9.47 Å². The van der Waals surface area contributed by atoms with Crippen molar-refractivity contribution in [3.05, 3.63) is 59.2 Å². The third-order valence-corrected chi connectivity index (χ3v) is 6.01. The van der Waals surface area contributed by atoms with Gasteiger partial charge in [0.25, 0.3) is 0 Å². The Balaban J connectivity index is 1.51. The molecule has 0 N–H and O–H groups in total. The van der Waals surface area contributed by atoms with Crippen molar-refractivity contribution in [3.63, 3.8) is 0 Å². The van der Waals surface area contributed by atoms with E-state index in [0.717, 1.165) is 50.8 Å². The first-order valence-corrected chi connectivity index (χ1v) is 11.0. The van der Waals surface area contributed by atoms with Crippen LogP contribution in [0.25, 0.3) is 0 Å². The van der Waals surface area contributed by atoms with Gasteiger partial charge in [-0.3, -0.25) is 14.6 Å². The van der Waals surface area contributed by atoms with Gasteiger partial charge in [0.2, 0.25) is 5.91 Å². The predicted molar refractivity (Wildman–Crippen MR) is 124 cm³/mol. The first-order chi connectivity index (χ1) is 15.0. The Bertz CT molecular complexity index is 849. The molecule has 0 bridgehead atoms. The molecule has 1 saturated heterocycles. The lowest BCUT2D eigenvalue weighted by atomic mass is 10.1. The second-order valence-corrected chi connectivity index (χ2v) is 8.08. The third kappa shape index (κ3) is 6.21. The Morgan fingerprint density at radius 3 is 2.19 bits per heavy atom. The van der Waals surface area contributed by atoms with Gasteiger partial charge >= 0.3 is 0 Å². The molecule has 1 fully saturated rings. The minimum absolute atomic E-state index is 0.204. The molecule has 2 aromatic rings. The summed E-state index contributed by atoms with van der Waals surface area (Å²) in [6.07, 6.45) is 0. The molecule has 1 heterocycles. The van der Waals surface area contributed by atoms with Gasteiger partial charge < -0.3 is 14.4 Å². The molecule has 6 heteroatoms. The molecule has 0 atom stereocenters. The van der Waals surface area contributed by atoms with Crippen molar-refractivity contribution in [3.8, 4) is 11.5 Å². The summed E-state index contributed by atoms with van der Waals surface area (Å²) in [5.74, 6) is 1.74. The molecule has 0 aromatic heterocycles. The van der Waals surface area contributed by atoms with E-state index in [1.54, 1.807) is 14.2 Å². The zero-order chi connectivity index (χ0) is 22.2. The van der Waals surface area contributed by atoms with Crippen molar-refractivity contribution in [2.45, 2.75) is 26.9 Å². The minimum Gasteiger partial charge on any atom is -0.493 e. The van der Waals surface area contributed by atoms with Crippen molar-refractivity contribution in [1.82, 2.24) is 14.7 Å². The van der Waals surface area contributed by atoms with Crippen LogP contribution in [-0.2, 0) is 17.9 Å². The lowest BCUT2D eigenvalue weighted by Crippen LogP contribution is -2.49. The standard InChI is InChI=1S/C25H35N3O3/c1-5-28(17-21-9-7-6-8-10-21)25(29)19-27-13-11-26(12-14-27)18-22-16-24(31-4)23(30-3)15-20(22)2/h6-10,15-16H,5,11-14,17-19H2,1-4H3. The second-order valence-electron chi connectivity index (χ2n) is 8.08. The molecule has 31 heavy (non-hydrogen) atoms. The van der Waals surface area contributed by atoms with Gasteiger partial charge in [0.15, 0.2) is 11.5 Å². The van der Waals surface area contributed by atoms with Crippen LogP contribution in [0.2, 0.25) is 0 Å². The summed E-state index contributed by atoms with van der Waals surface area (Å²) in [6.45, 7) is 10.6. The van der Waals surface area contributed by atoms with Gasteiger partial charge in [-0.2, -0.15) is 0 Å². The van der Waals surface area contributed by atoms with Crippen molar-refractivity contribution in [1.29, 1.82) is 0 Å². The predicted octanol–water partition coefficient (Wildman–Crippen LogP) is 3.18. The van der Waals surface area contributed by atoms with Crippen LogP contribution in [0.4, 0.5) is 0 Å². The molecule has 0 spiro atoms. The Kier molecular flexibility index (Phi) is 8.32. The first kappa shape index (κ1) is 23.1. The number of hydrogen-bond donors (Lipinski definition) is 0. The van der Waals surface area contributed by atoms with Gasteiger partial charge in [-0.1, -0.05) is 30.3 Å². The molecular weight excluding hydrogens is 390 g/mol. The number of aryl methyl sites for hydroxylation is 1. The number of piperazine rings is 1. The van der Waals surface area contributed by atoms with Crippen LogP contribution in [0.1, 0.15) is 23.6 Å². The van der Waals surface area contributed by atoms with Crippen LogP contribution >= 0.6 is 0 Å². The van der Waals surface area contributed by atoms with E-state index in [9.17, 15) is 4.79 Å². The Morgan fingerprint density at radius 1 is 0.968 bits per heavy atom. The van der Waals surface area contributed by atoms with Crippen molar-refractivity contribution >= 4 is 5.91 Å². The van der Waals surface area contributed by atoms with Crippen LogP contribution in [0.3, 0.4) is 0 Å². The van der Waals surface area contributed by atoms with Crippen LogP contribution in [0.15, 0.2) is 42.5 Å². The molecule has 2 aromatic carbocycles. The molecular formula is C25H35N3O3. The molecule has 3 rings (SSSR count). The molecule has 0 unspecified atom stereocenters. The lowest BCUT2D eigenvalue weighted by Gasteiger charge is -2.35. The average Bonchev–Trinajstić information content (AvgIpc) is 2.80. The number of benzene rings is 2. The van der Waals surface area contributed by atoms with E-state index in [1.807, 2.05) is 36.1 Å². The fourth-order valence-corrected chi connectivity index (χ4v) is 4.01. The summed E-state index contributed by atoms with van der Waals surface area (Å²) in [6, 6.07) is 14.3. The van der Waals surface area contributed by atoms with Gasteiger partial charge in [0.05, 0.1) is 20.8 Å². The van der Waals surface area contributed by atoms with E-state index in [2.05, 4.69) is 34.9 Å². The number of methoxy groups -OCH3 is 2. The second kappa shape index (κ2) is 11.2. The van der Waals surface area contributed by atoms with Crippen LogP contribution < -0.4 is 9.47 Å². The summed E-state index contributed by atoms with van der Waals surface area (Å²) in [5, 5.41) is 0. The molecule has 168 valence electrons. The molecule has 0 saturated carbocycles. The van der Waals surface area contributed by atoms with E-state index in [-0.39, 0.29) is 5.91 Å². The Hall–Kier alpha value is -2.57. The maximum absolute atomic E-state index is 12.8. The van der Waals surface area contributed by atoms with Gasteiger partial charge in [-0.25, -0.2) is 0 Å².